The highest BCUT2D eigenvalue weighted by atomic mass is 19.4. The average Bonchev–Trinajstić information content (AvgIpc) is 3.06. The Morgan fingerprint density at radius 1 is 1.00 bits per heavy atom. The van der Waals surface area contributed by atoms with E-state index in [9.17, 15) is 31.1 Å². The number of nitrogens with one attached hydrogen (secondary N) is 1. The summed E-state index contributed by atoms with van der Waals surface area (Å²) in [6, 6.07) is 6.94. The first-order chi connectivity index (χ1) is 13.9. The lowest BCUT2D eigenvalue weighted by Crippen LogP contribution is -2.18. The maximum absolute atomic E-state index is 13.0. The molecule has 30 heavy (non-hydrogen) atoms. The summed E-state index contributed by atoms with van der Waals surface area (Å²) in [5.74, 6) is -0.511. The fourth-order valence-electron chi connectivity index (χ4n) is 2.65. The molecule has 0 fully saturated rings. The van der Waals surface area contributed by atoms with Gasteiger partial charge in [-0.3, -0.25) is 4.79 Å². The van der Waals surface area contributed by atoms with E-state index in [1.807, 2.05) is 0 Å². The molecule has 0 aliphatic heterocycles. The van der Waals surface area contributed by atoms with Crippen LogP contribution in [0.1, 0.15) is 38.8 Å². The number of carbonyl (C=O) groups is 1. The summed E-state index contributed by atoms with van der Waals surface area (Å²) >= 11 is 0. The molecule has 3 rings (SSSR count). The third-order valence-corrected chi connectivity index (χ3v) is 4.03. The summed E-state index contributed by atoms with van der Waals surface area (Å²) in [6.45, 7) is 1.60. The first-order valence-corrected chi connectivity index (χ1v) is 8.41. The molecule has 1 aromatic heterocycles. The number of hydrogen-bond donors (Lipinski definition) is 1. The summed E-state index contributed by atoms with van der Waals surface area (Å²) in [4.78, 5) is 16.5. The molecule has 11 heteroatoms. The molecule has 0 bridgehead atoms. The van der Waals surface area contributed by atoms with E-state index in [4.69, 9.17) is 4.52 Å². The second kappa shape index (κ2) is 7.81. The standard InChI is InChI=1S/C19H13F6N3O2/c1-10-26-16(30-28-10)8-11-4-2-3-5-15(11)27-17(29)12-6-13(18(20,21)22)9-14(7-12)19(23,24)25/h2-7,9H,8H2,1H3,(H,27,29). The predicted octanol–water partition coefficient (Wildman–Crippen LogP) is 5.26. The van der Waals surface area contributed by atoms with E-state index in [2.05, 4.69) is 15.5 Å². The monoisotopic (exact) mass is 429 g/mol. The van der Waals surface area contributed by atoms with Crippen molar-refractivity contribution in [2.45, 2.75) is 25.7 Å². The molecule has 1 N–H and O–H groups in total. The number of para-hydroxylation sites is 1. The number of benzene rings is 2. The number of anilines is 1. The van der Waals surface area contributed by atoms with Crippen LogP contribution in [0.5, 0.6) is 0 Å². The van der Waals surface area contributed by atoms with Crippen molar-refractivity contribution in [2.24, 2.45) is 0 Å². The van der Waals surface area contributed by atoms with Gasteiger partial charge in [-0.2, -0.15) is 31.3 Å². The third-order valence-electron chi connectivity index (χ3n) is 4.03. The lowest BCUT2D eigenvalue weighted by Gasteiger charge is -2.15. The molecule has 0 unspecified atom stereocenters. The topological polar surface area (TPSA) is 68.0 Å². The molecule has 0 saturated carbocycles. The maximum Gasteiger partial charge on any atom is 0.416 e. The Hall–Kier alpha value is -3.37. The molecule has 3 aromatic rings. The molecule has 0 spiro atoms. The fraction of sp³-hybridized carbons (Fsp3) is 0.211. The van der Waals surface area contributed by atoms with Gasteiger partial charge >= 0.3 is 12.4 Å². The van der Waals surface area contributed by atoms with Crippen molar-refractivity contribution in [3.05, 3.63) is 76.4 Å². The number of aromatic nitrogens is 2. The Bertz CT molecular complexity index is 1040. The zero-order valence-corrected chi connectivity index (χ0v) is 15.2. The quantitative estimate of drug-likeness (QED) is 0.575. The molecule has 0 radical (unpaired) electrons. The Morgan fingerprint density at radius 2 is 1.60 bits per heavy atom. The molecule has 0 atom stereocenters. The van der Waals surface area contributed by atoms with Gasteiger partial charge in [-0.05, 0) is 36.8 Å². The molecular formula is C19H13F6N3O2. The Labute approximate surface area is 165 Å². The summed E-state index contributed by atoms with van der Waals surface area (Å²) < 4.78 is 83.1. The van der Waals surface area contributed by atoms with Crippen LogP contribution in [0.4, 0.5) is 32.0 Å². The van der Waals surface area contributed by atoms with Gasteiger partial charge in [0.25, 0.3) is 5.91 Å². The zero-order chi connectivity index (χ0) is 22.1. The normalized spacial score (nSPS) is 12.1. The molecule has 5 nitrogen and oxygen atoms in total. The van der Waals surface area contributed by atoms with E-state index >= 15 is 0 Å². The number of carbonyl (C=O) groups excluding carboxylic acids is 1. The first-order valence-electron chi connectivity index (χ1n) is 8.41. The van der Waals surface area contributed by atoms with E-state index in [0.29, 0.717) is 23.5 Å². The van der Waals surface area contributed by atoms with Crippen LogP contribution in [0.15, 0.2) is 47.0 Å². The molecule has 0 aliphatic carbocycles. The Balaban J connectivity index is 1.93. The van der Waals surface area contributed by atoms with Gasteiger partial charge in [0, 0.05) is 11.3 Å². The first kappa shape index (κ1) is 21.3. The zero-order valence-electron chi connectivity index (χ0n) is 15.2. The lowest BCUT2D eigenvalue weighted by molar-refractivity contribution is -0.143. The van der Waals surface area contributed by atoms with Gasteiger partial charge in [0.2, 0.25) is 5.89 Å². The smallest absolute Gasteiger partial charge is 0.339 e. The van der Waals surface area contributed by atoms with Crippen molar-refractivity contribution in [1.82, 2.24) is 10.1 Å². The average molecular weight is 429 g/mol. The van der Waals surface area contributed by atoms with Crippen LogP contribution in [0.3, 0.4) is 0 Å². The highest BCUT2D eigenvalue weighted by Gasteiger charge is 2.37. The number of rotatable bonds is 4. The highest BCUT2D eigenvalue weighted by Crippen LogP contribution is 2.36. The van der Waals surface area contributed by atoms with Crippen LogP contribution in [0, 0.1) is 6.92 Å². The number of hydrogen-bond acceptors (Lipinski definition) is 4. The number of halogens is 6. The van der Waals surface area contributed by atoms with Crippen molar-refractivity contribution in [1.29, 1.82) is 0 Å². The Morgan fingerprint density at radius 3 is 2.13 bits per heavy atom. The lowest BCUT2D eigenvalue weighted by atomic mass is 10.0. The van der Waals surface area contributed by atoms with Crippen molar-refractivity contribution < 1.29 is 35.7 Å². The van der Waals surface area contributed by atoms with Crippen LogP contribution < -0.4 is 5.32 Å². The molecule has 1 heterocycles. The van der Waals surface area contributed by atoms with Gasteiger partial charge in [-0.1, -0.05) is 23.4 Å². The van der Waals surface area contributed by atoms with Gasteiger partial charge in [-0.15, -0.1) is 0 Å². The minimum Gasteiger partial charge on any atom is -0.339 e. The molecule has 1 amide bonds. The van der Waals surface area contributed by atoms with E-state index in [1.54, 1.807) is 25.1 Å². The number of alkyl halides is 6. The molecule has 2 aromatic carbocycles. The van der Waals surface area contributed by atoms with Crippen molar-refractivity contribution in [3.63, 3.8) is 0 Å². The number of nitrogens with zero attached hydrogens (tertiary/aromatic N) is 2. The number of aryl methyl sites for hydroxylation is 1. The SMILES string of the molecule is Cc1noc(Cc2ccccc2NC(=O)c2cc(C(F)(F)F)cc(C(F)(F)F)c2)n1. The van der Waals surface area contributed by atoms with E-state index in [0.717, 1.165) is 0 Å². The maximum atomic E-state index is 13.0. The molecule has 0 saturated heterocycles. The van der Waals surface area contributed by atoms with Crippen LogP contribution in [0.25, 0.3) is 0 Å². The third kappa shape index (κ3) is 4.97. The molecule has 158 valence electrons. The molecule has 0 aliphatic rings. The van der Waals surface area contributed by atoms with E-state index < -0.39 is 35.0 Å². The van der Waals surface area contributed by atoms with Crippen LogP contribution >= 0.6 is 0 Å². The summed E-state index contributed by atoms with van der Waals surface area (Å²) in [7, 11) is 0. The highest BCUT2D eigenvalue weighted by molar-refractivity contribution is 6.05. The van der Waals surface area contributed by atoms with Crippen LogP contribution in [0.2, 0.25) is 0 Å². The largest absolute Gasteiger partial charge is 0.416 e. The van der Waals surface area contributed by atoms with Gasteiger partial charge in [0.15, 0.2) is 5.82 Å². The molecular weight excluding hydrogens is 416 g/mol. The minimum absolute atomic E-state index is 0.0391. The van der Waals surface area contributed by atoms with E-state index in [1.165, 1.54) is 6.07 Å². The minimum atomic E-state index is -5.05. The second-order valence-corrected chi connectivity index (χ2v) is 6.32. The van der Waals surface area contributed by atoms with Crippen molar-refractivity contribution >= 4 is 11.6 Å². The van der Waals surface area contributed by atoms with Crippen molar-refractivity contribution in [3.8, 4) is 0 Å². The fourth-order valence-corrected chi connectivity index (χ4v) is 2.65. The Kier molecular flexibility index (Phi) is 5.55. The predicted molar refractivity (Wildman–Crippen MR) is 92.7 cm³/mol. The second-order valence-electron chi connectivity index (χ2n) is 6.32. The van der Waals surface area contributed by atoms with Gasteiger partial charge in [-0.25, -0.2) is 0 Å². The summed E-state index contributed by atoms with van der Waals surface area (Å²) in [5.41, 5.74) is -3.25. The van der Waals surface area contributed by atoms with E-state index in [-0.39, 0.29) is 24.1 Å². The van der Waals surface area contributed by atoms with Gasteiger partial charge < -0.3 is 9.84 Å². The van der Waals surface area contributed by atoms with Gasteiger partial charge in [0.05, 0.1) is 17.5 Å². The summed E-state index contributed by atoms with van der Waals surface area (Å²) in [6.07, 6.45) is -10.00. The number of amides is 1. The van der Waals surface area contributed by atoms with Crippen LogP contribution in [-0.4, -0.2) is 16.0 Å². The van der Waals surface area contributed by atoms with Crippen LogP contribution in [-0.2, 0) is 18.8 Å². The summed E-state index contributed by atoms with van der Waals surface area (Å²) in [5, 5.41) is 5.98. The van der Waals surface area contributed by atoms with Crippen molar-refractivity contribution in [2.75, 3.05) is 5.32 Å². The van der Waals surface area contributed by atoms with Gasteiger partial charge in [0.1, 0.15) is 0 Å².